The zero-order valence-corrected chi connectivity index (χ0v) is 7.36. The van der Waals surface area contributed by atoms with Crippen LogP contribution in [0.3, 0.4) is 0 Å². The van der Waals surface area contributed by atoms with E-state index >= 15 is 0 Å². The molecule has 2 fully saturated rings. The summed E-state index contributed by atoms with van der Waals surface area (Å²) in [6.07, 6.45) is 6.75. The molecule has 1 heteroatoms. The fourth-order valence-electron chi connectivity index (χ4n) is 3.68. The van der Waals surface area contributed by atoms with Gasteiger partial charge < -0.3 is 0 Å². The summed E-state index contributed by atoms with van der Waals surface area (Å²) >= 11 is 0. The van der Waals surface area contributed by atoms with E-state index < -0.39 is 0 Å². The van der Waals surface area contributed by atoms with Gasteiger partial charge in [-0.3, -0.25) is 4.79 Å². The maximum atomic E-state index is 11.6. The van der Waals surface area contributed by atoms with E-state index in [0.29, 0.717) is 29.5 Å². The number of ketones is 1. The van der Waals surface area contributed by atoms with Crippen molar-refractivity contribution in [3.05, 3.63) is 12.2 Å². The van der Waals surface area contributed by atoms with E-state index in [2.05, 4.69) is 19.1 Å². The van der Waals surface area contributed by atoms with Crippen LogP contribution >= 0.6 is 0 Å². The Morgan fingerprint density at radius 3 is 2.83 bits per heavy atom. The van der Waals surface area contributed by atoms with E-state index in [1.54, 1.807) is 0 Å². The van der Waals surface area contributed by atoms with Gasteiger partial charge in [-0.05, 0) is 30.1 Å². The fraction of sp³-hybridized carbons (Fsp3) is 0.727. The maximum absolute atomic E-state index is 11.6. The number of carbonyl (C=O) groups is 1. The van der Waals surface area contributed by atoms with Gasteiger partial charge in [-0.25, -0.2) is 0 Å². The quantitative estimate of drug-likeness (QED) is 0.498. The van der Waals surface area contributed by atoms with Gasteiger partial charge in [0, 0.05) is 12.3 Å². The number of allylic oxidation sites excluding steroid dienone is 2. The van der Waals surface area contributed by atoms with Crippen LogP contribution in [0, 0.1) is 29.6 Å². The summed E-state index contributed by atoms with van der Waals surface area (Å²) in [5, 5.41) is 0. The zero-order valence-electron chi connectivity index (χ0n) is 7.36. The Hall–Kier alpha value is -0.590. The van der Waals surface area contributed by atoms with Gasteiger partial charge >= 0.3 is 0 Å². The molecule has 0 aromatic carbocycles. The highest BCUT2D eigenvalue weighted by Gasteiger charge is 2.53. The second-order valence-electron chi connectivity index (χ2n) is 4.70. The Morgan fingerprint density at radius 2 is 2.08 bits per heavy atom. The van der Waals surface area contributed by atoms with Crippen LogP contribution in [0.1, 0.15) is 19.8 Å². The van der Waals surface area contributed by atoms with Gasteiger partial charge in [0.1, 0.15) is 5.78 Å². The average molecular weight is 162 g/mol. The lowest BCUT2D eigenvalue weighted by atomic mass is 9.82. The highest BCUT2D eigenvalue weighted by atomic mass is 16.1. The molecule has 0 amide bonds. The molecule has 0 saturated heterocycles. The van der Waals surface area contributed by atoms with E-state index in [4.69, 9.17) is 0 Å². The van der Waals surface area contributed by atoms with E-state index in [0.717, 1.165) is 12.3 Å². The second-order valence-corrected chi connectivity index (χ2v) is 4.70. The minimum absolute atomic E-state index is 0.426. The van der Waals surface area contributed by atoms with Crippen LogP contribution in [0.15, 0.2) is 12.2 Å². The summed E-state index contributed by atoms with van der Waals surface area (Å²) in [6, 6.07) is 0. The first-order chi connectivity index (χ1) is 5.77. The molecule has 5 atom stereocenters. The van der Waals surface area contributed by atoms with E-state index in [1.807, 2.05) is 0 Å². The first kappa shape index (κ1) is 6.88. The molecule has 64 valence electrons. The zero-order chi connectivity index (χ0) is 8.29. The summed E-state index contributed by atoms with van der Waals surface area (Å²) in [5.41, 5.74) is 0. The van der Waals surface area contributed by atoms with Crippen molar-refractivity contribution in [2.24, 2.45) is 29.6 Å². The normalized spacial score (nSPS) is 55.1. The predicted octanol–water partition coefficient (Wildman–Crippen LogP) is 2.03. The van der Waals surface area contributed by atoms with Crippen molar-refractivity contribution in [1.82, 2.24) is 0 Å². The van der Waals surface area contributed by atoms with Crippen molar-refractivity contribution < 1.29 is 4.79 Å². The summed E-state index contributed by atoms with van der Waals surface area (Å²) in [7, 11) is 0. The molecule has 0 aromatic rings. The van der Waals surface area contributed by atoms with E-state index in [1.165, 1.54) is 6.42 Å². The summed E-state index contributed by atoms with van der Waals surface area (Å²) in [5.74, 6) is 3.72. The third kappa shape index (κ3) is 0.634. The smallest absolute Gasteiger partial charge is 0.137 e. The van der Waals surface area contributed by atoms with Crippen LogP contribution in [0.5, 0.6) is 0 Å². The van der Waals surface area contributed by atoms with Crippen molar-refractivity contribution in [2.45, 2.75) is 19.8 Å². The lowest BCUT2D eigenvalue weighted by Crippen LogP contribution is -2.20. The predicted molar refractivity (Wildman–Crippen MR) is 46.5 cm³/mol. The Morgan fingerprint density at radius 1 is 1.33 bits per heavy atom. The van der Waals surface area contributed by atoms with Gasteiger partial charge in [0.25, 0.3) is 0 Å². The first-order valence-corrected chi connectivity index (χ1v) is 4.98. The molecule has 0 aromatic heterocycles. The third-order valence-electron chi connectivity index (χ3n) is 4.07. The van der Waals surface area contributed by atoms with Crippen LogP contribution in [-0.4, -0.2) is 5.78 Å². The Labute approximate surface area is 72.8 Å². The second kappa shape index (κ2) is 2.01. The van der Waals surface area contributed by atoms with Crippen LogP contribution in [0.4, 0.5) is 0 Å². The lowest BCUT2D eigenvalue weighted by molar-refractivity contribution is -0.121. The molecular weight excluding hydrogens is 148 g/mol. The van der Waals surface area contributed by atoms with Crippen molar-refractivity contribution in [3.8, 4) is 0 Å². The van der Waals surface area contributed by atoms with Gasteiger partial charge in [-0.2, -0.15) is 0 Å². The molecule has 2 bridgehead atoms. The van der Waals surface area contributed by atoms with Crippen molar-refractivity contribution >= 4 is 5.78 Å². The fourth-order valence-corrected chi connectivity index (χ4v) is 3.68. The highest BCUT2D eigenvalue weighted by molar-refractivity contribution is 5.85. The standard InChI is InChI=1S/C11H14O/c1-6-4-9(12)11-8-3-2-7(5-8)10(6)11/h2-3,6-8,10-11H,4-5H2,1H3/t6-,7?,8?,10?,11?/m0/s1. The number of carbonyl (C=O) groups excluding carboxylic acids is 1. The topological polar surface area (TPSA) is 17.1 Å². The molecule has 3 aliphatic carbocycles. The van der Waals surface area contributed by atoms with E-state index in [9.17, 15) is 4.79 Å². The average Bonchev–Trinajstić information content (AvgIpc) is 2.64. The van der Waals surface area contributed by atoms with E-state index in [-0.39, 0.29) is 0 Å². The number of Topliss-reactive ketones (excluding diaryl/α,β-unsaturated/α-hetero) is 1. The molecule has 0 spiro atoms. The number of hydrogen-bond acceptors (Lipinski definition) is 1. The van der Waals surface area contributed by atoms with Crippen molar-refractivity contribution in [2.75, 3.05) is 0 Å². The number of rotatable bonds is 0. The van der Waals surface area contributed by atoms with Crippen LogP contribution in [0.25, 0.3) is 0 Å². The minimum Gasteiger partial charge on any atom is -0.299 e. The van der Waals surface area contributed by atoms with Crippen LogP contribution in [0.2, 0.25) is 0 Å². The molecule has 12 heavy (non-hydrogen) atoms. The molecule has 4 unspecified atom stereocenters. The Balaban J connectivity index is 2.03. The third-order valence-corrected chi connectivity index (χ3v) is 4.07. The molecule has 3 aliphatic rings. The minimum atomic E-state index is 0.426. The molecule has 0 aliphatic heterocycles. The largest absolute Gasteiger partial charge is 0.299 e. The first-order valence-electron chi connectivity index (χ1n) is 4.98. The molecule has 2 saturated carbocycles. The Bertz CT molecular complexity index is 266. The summed E-state index contributed by atoms with van der Waals surface area (Å²) < 4.78 is 0. The van der Waals surface area contributed by atoms with Gasteiger partial charge in [-0.15, -0.1) is 0 Å². The molecule has 0 radical (unpaired) electrons. The van der Waals surface area contributed by atoms with Crippen molar-refractivity contribution in [3.63, 3.8) is 0 Å². The van der Waals surface area contributed by atoms with Gasteiger partial charge in [0.15, 0.2) is 0 Å². The number of fused-ring (bicyclic) bond motifs is 5. The van der Waals surface area contributed by atoms with Crippen LogP contribution in [-0.2, 0) is 4.79 Å². The van der Waals surface area contributed by atoms with Gasteiger partial charge in [-0.1, -0.05) is 19.1 Å². The van der Waals surface area contributed by atoms with Gasteiger partial charge in [0.05, 0.1) is 0 Å². The van der Waals surface area contributed by atoms with Crippen molar-refractivity contribution in [1.29, 1.82) is 0 Å². The molecular formula is C11H14O. The molecule has 0 N–H and O–H groups in total. The van der Waals surface area contributed by atoms with Crippen LogP contribution < -0.4 is 0 Å². The Kier molecular flexibility index (Phi) is 1.15. The SMILES string of the molecule is C[C@H]1CC(=O)C2C3C=CC(C3)C21. The highest BCUT2D eigenvalue weighted by Crippen LogP contribution is 2.55. The van der Waals surface area contributed by atoms with Gasteiger partial charge in [0.2, 0.25) is 0 Å². The molecule has 3 rings (SSSR count). The number of hydrogen-bond donors (Lipinski definition) is 0. The maximum Gasteiger partial charge on any atom is 0.137 e. The molecule has 1 nitrogen and oxygen atoms in total. The monoisotopic (exact) mass is 162 g/mol. The lowest BCUT2D eigenvalue weighted by Gasteiger charge is -2.21. The molecule has 0 heterocycles. The summed E-state index contributed by atoms with van der Waals surface area (Å²) in [6.45, 7) is 2.25. The summed E-state index contributed by atoms with van der Waals surface area (Å²) in [4.78, 5) is 11.6.